The van der Waals surface area contributed by atoms with Crippen LogP contribution in [0.25, 0.3) is 11.1 Å². The molecule has 3 aromatic carbocycles. The summed E-state index contributed by atoms with van der Waals surface area (Å²) in [6, 6.07) is 20.9. The molecule has 0 spiro atoms. The molecule has 0 fully saturated rings. The van der Waals surface area contributed by atoms with Crippen LogP contribution in [0.3, 0.4) is 0 Å². The minimum absolute atomic E-state index is 0.0271. The Bertz CT molecular complexity index is 806. The van der Waals surface area contributed by atoms with E-state index in [0.717, 1.165) is 11.1 Å². The SMILES string of the molecule is O=C(c1ccccc1)c1ccc(-c2ccc(O)c(O)c2)cc1. The van der Waals surface area contributed by atoms with Gasteiger partial charge in [0.2, 0.25) is 0 Å². The average molecular weight is 290 g/mol. The van der Waals surface area contributed by atoms with E-state index in [2.05, 4.69) is 0 Å². The van der Waals surface area contributed by atoms with Crippen LogP contribution in [0.4, 0.5) is 0 Å². The number of phenols is 2. The molecule has 0 amide bonds. The van der Waals surface area contributed by atoms with Crippen LogP contribution in [0.15, 0.2) is 72.8 Å². The number of hydrogen-bond donors (Lipinski definition) is 2. The third-order valence-electron chi connectivity index (χ3n) is 3.49. The summed E-state index contributed by atoms with van der Waals surface area (Å²) in [5.74, 6) is -0.345. The lowest BCUT2D eigenvalue weighted by Gasteiger charge is -2.06. The van der Waals surface area contributed by atoms with E-state index in [4.69, 9.17) is 0 Å². The standard InChI is InChI=1S/C19H14O3/c20-17-11-10-16(12-18(17)21)13-6-8-15(9-7-13)19(22)14-4-2-1-3-5-14/h1-12,20-21H. The van der Waals surface area contributed by atoms with Crippen LogP contribution >= 0.6 is 0 Å². The summed E-state index contributed by atoms with van der Waals surface area (Å²) in [6.07, 6.45) is 0. The first-order chi connectivity index (χ1) is 10.6. The van der Waals surface area contributed by atoms with Gasteiger partial charge in [0.1, 0.15) is 0 Å². The van der Waals surface area contributed by atoms with Gasteiger partial charge in [-0.2, -0.15) is 0 Å². The lowest BCUT2D eigenvalue weighted by atomic mass is 9.99. The Hall–Kier alpha value is -3.07. The van der Waals surface area contributed by atoms with Gasteiger partial charge in [-0.15, -0.1) is 0 Å². The molecule has 3 nitrogen and oxygen atoms in total. The second kappa shape index (κ2) is 5.74. The van der Waals surface area contributed by atoms with Gasteiger partial charge in [-0.25, -0.2) is 0 Å². The molecule has 0 unspecified atom stereocenters. The Morgan fingerprint density at radius 3 is 1.86 bits per heavy atom. The first kappa shape index (κ1) is 13.9. The molecule has 0 aliphatic heterocycles. The second-order valence-corrected chi connectivity index (χ2v) is 4.98. The van der Waals surface area contributed by atoms with Crippen LogP contribution in [0.2, 0.25) is 0 Å². The van der Waals surface area contributed by atoms with Crippen molar-refractivity contribution in [2.45, 2.75) is 0 Å². The number of hydrogen-bond acceptors (Lipinski definition) is 3. The topological polar surface area (TPSA) is 57.5 Å². The molecule has 0 aromatic heterocycles. The predicted molar refractivity (Wildman–Crippen MR) is 85.1 cm³/mol. The van der Waals surface area contributed by atoms with Gasteiger partial charge in [0.25, 0.3) is 0 Å². The first-order valence-corrected chi connectivity index (χ1v) is 6.87. The van der Waals surface area contributed by atoms with Crippen molar-refractivity contribution < 1.29 is 15.0 Å². The van der Waals surface area contributed by atoms with E-state index in [9.17, 15) is 15.0 Å². The lowest BCUT2D eigenvalue weighted by Crippen LogP contribution is -2.00. The lowest BCUT2D eigenvalue weighted by molar-refractivity contribution is 0.103. The van der Waals surface area contributed by atoms with E-state index in [-0.39, 0.29) is 17.3 Å². The van der Waals surface area contributed by atoms with Gasteiger partial charge in [0, 0.05) is 11.1 Å². The summed E-state index contributed by atoms with van der Waals surface area (Å²) < 4.78 is 0. The highest BCUT2D eigenvalue weighted by Gasteiger charge is 2.09. The monoisotopic (exact) mass is 290 g/mol. The average Bonchev–Trinajstić information content (AvgIpc) is 2.58. The van der Waals surface area contributed by atoms with Crippen molar-refractivity contribution >= 4 is 5.78 Å². The molecule has 3 aromatic rings. The van der Waals surface area contributed by atoms with Crippen LogP contribution in [0.5, 0.6) is 11.5 Å². The molecule has 0 radical (unpaired) electrons. The van der Waals surface area contributed by atoms with Gasteiger partial charge in [-0.1, -0.05) is 60.7 Å². The van der Waals surface area contributed by atoms with Gasteiger partial charge in [-0.3, -0.25) is 4.79 Å². The zero-order valence-electron chi connectivity index (χ0n) is 11.7. The van der Waals surface area contributed by atoms with Crippen LogP contribution in [0.1, 0.15) is 15.9 Å². The van der Waals surface area contributed by atoms with Gasteiger partial charge < -0.3 is 10.2 Å². The van der Waals surface area contributed by atoms with Crippen LogP contribution in [-0.2, 0) is 0 Å². The molecule has 22 heavy (non-hydrogen) atoms. The van der Waals surface area contributed by atoms with Crippen molar-refractivity contribution in [3.05, 3.63) is 83.9 Å². The molecule has 3 rings (SSSR count). The van der Waals surface area contributed by atoms with E-state index in [1.165, 1.54) is 12.1 Å². The molecule has 0 saturated heterocycles. The number of ketones is 1. The molecular formula is C19H14O3. The molecule has 0 atom stereocenters. The van der Waals surface area contributed by atoms with Crippen molar-refractivity contribution in [1.82, 2.24) is 0 Å². The van der Waals surface area contributed by atoms with Crippen molar-refractivity contribution in [3.8, 4) is 22.6 Å². The fraction of sp³-hybridized carbons (Fsp3) is 0. The highest BCUT2D eigenvalue weighted by atomic mass is 16.3. The van der Waals surface area contributed by atoms with Gasteiger partial charge in [0.15, 0.2) is 17.3 Å². The number of carbonyl (C=O) groups excluding carboxylic acids is 1. The van der Waals surface area contributed by atoms with E-state index < -0.39 is 0 Å². The maximum absolute atomic E-state index is 12.3. The minimum Gasteiger partial charge on any atom is -0.504 e. The summed E-state index contributed by atoms with van der Waals surface area (Å²) in [5, 5.41) is 18.9. The first-order valence-electron chi connectivity index (χ1n) is 6.87. The fourth-order valence-electron chi connectivity index (χ4n) is 2.27. The summed E-state index contributed by atoms with van der Waals surface area (Å²) in [6.45, 7) is 0. The highest BCUT2D eigenvalue weighted by molar-refractivity contribution is 6.09. The van der Waals surface area contributed by atoms with Crippen LogP contribution < -0.4 is 0 Å². The van der Waals surface area contributed by atoms with Crippen LogP contribution in [-0.4, -0.2) is 16.0 Å². The number of benzene rings is 3. The van der Waals surface area contributed by atoms with Gasteiger partial charge in [0.05, 0.1) is 0 Å². The quantitative estimate of drug-likeness (QED) is 0.566. The van der Waals surface area contributed by atoms with Gasteiger partial charge >= 0.3 is 0 Å². The molecule has 3 heteroatoms. The molecule has 0 aliphatic carbocycles. The third kappa shape index (κ3) is 2.69. The van der Waals surface area contributed by atoms with E-state index in [1.807, 2.05) is 30.3 Å². The zero-order valence-corrected chi connectivity index (χ0v) is 11.7. The molecule has 2 N–H and O–H groups in total. The molecule has 0 heterocycles. The maximum Gasteiger partial charge on any atom is 0.193 e. The maximum atomic E-state index is 12.3. The van der Waals surface area contributed by atoms with E-state index >= 15 is 0 Å². The largest absolute Gasteiger partial charge is 0.504 e. The fourth-order valence-corrected chi connectivity index (χ4v) is 2.27. The second-order valence-electron chi connectivity index (χ2n) is 4.98. The summed E-state index contributed by atoms with van der Waals surface area (Å²) in [4.78, 5) is 12.3. The van der Waals surface area contributed by atoms with Crippen LogP contribution in [0, 0.1) is 0 Å². The van der Waals surface area contributed by atoms with E-state index in [1.54, 1.807) is 30.3 Å². The van der Waals surface area contributed by atoms with Crippen molar-refractivity contribution in [2.24, 2.45) is 0 Å². The molecule has 108 valence electrons. The van der Waals surface area contributed by atoms with Gasteiger partial charge in [-0.05, 0) is 23.3 Å². The van der Waals surface area contributed by atoms with Crippen molar-refractivity contribution in [3.63, 3.8) is 0 Å². The molecule has 0 saturated carbocycles. The van der Waals surface area contributed by atoms with E-state index in [0.29, 0.717) is 11.1 Å². The predicted octanol–water partition coefficient (Wildman–Crippen LogP) is 4.00. The summed E-state index contributed by atoms with van der Waals surface area (Å²) in [5.41, 5.74) is 2.89. The number of phenolic OH excluding ortho intramolecular Hbond substituents is 2. The Labute approximate surface area is 128 Å². The zero-order chi connectivity index (χ0) is 15.5. The molecule has 0 aliphatic rings. The molecular weight excluding hydrogens is 276 g/mol. The Morgan fingerprint density at radius 1 is 0.636 bits per heavy atom. The number of aromatic hydroxyl groups is 2. The Morgan fingerprint density at radius 2 is 1.23 bits per heavy atom. The minimum atomic E-state index is -0.165. The Kier molecular flexibility index (Phi) is 3.62. The molecule has 0 bridgehead atoms. The summed E-state index contributed by atoms with van der Waals surface area (Å²) >= 11 is 0. The highest BCUT2D eigenvalue weighted by Crippen LogP contribution is 2.30. The van der Waals surface area contributed by atoms with Crippen molar-refractivity contribution in [2.75, 3.05) is 0 Å². The normalized spacial score (nSPS) is 10.4. The number of rotatable bonds is 3. The Balaban J connectivity index is 1.89. The van der Waals surface area contributed by atoms with Crippen molar-refractivity contribution in [1.29, 1.82) is 0 Å². The number of carbonyl (C=O) groups is 1. The smallest absolute Gasteiger partial charge is 0.193 e. The third-order valence-corrected chi connectivity index (χ3v) is 3.49. The summed E-state index contributed by atoms with van der Waals surface area (Å²) in [7, 11) is 0.